The van der Waals surface area contributed by atoms with E-state index >= 15 is 0 Å². The largest absolute Gasteiger partial charge is 0.313 e. The summed E-state index contributed by atoms with van der Waals surface area (Å²) in [6, 6.07) is 9.25. The van der Waals surface area contributed by atoms with E-state index in [1.165, 1.54) is 16.7 Å². The lowest BCUT2D eigenvalue weighted by atomic mass is 10.00. The molecule has 2 rings (SSSR count). The van der Waals surface area contributed by atoms with Crippen molar-refractivity contribution in [1.82, 2.24) is 15.1 Å². The fraction of sp³-hybridized carbons (Fsp3) is 0.438. The highest BCUT2D eigenvalue weighted by Gasteiger charge is 2.09. The van der Waals surface area contributed by atoms with Gasteiger partial charge in [-0.2, -0.15) is 5.10 Å². The summed E-state index contributed by atoms with van der Waals surface area (Å²) < 4.78 is 1.99. The molecule has 0 bridgehead atoms. The summed E-state index contributed by atoms with van der Waals surface area (Å²) in [5.74, 6) is 0. The first-order valence-corrected chi connectivity index (χ1v) is 7.01. The fourth-order valence-corrected chi connectivity index (χ4v) is 2.46. The molecule has 102 valence electrons. The van der Waals surface area contributed by atoms with Crippen molar-refractivity contribution in [2.45, 2.75) is 39.8 Å². The Morgan fingerprint density at radius 3 is 2.37 bits per heavy atom. The molecule has 1 unspecified atom stereocenters. The molecule has 1 aromatic carbocycles. The van der Waals surface area contributed by atoms with Crippen LogP contribution in [0.15, 0.2) is 30.5 Å². The van der Waals surface area contributed by atoms with E-state index in [0.717, 1.165) is 18.7 Å². The summed E-state index contributed by atoms with van der Waals surface area (Å²) in [6.45, 7) is 7.29. The quantitative estimate of drug-likeness (QED) is 0.887. The van der Waals surface area contributed by atoms with E-state index < -0.39 is 0 Å². The molecule has 0 aliphatic rings. The van der Waals surface area contributed by atoms with Crippen LogP contribution in [-0.2, 0) is 6.54 Å². The highest BCUT2D eigenvalue weighted by atomic mass is 15.3. The third kappa shape index (κ3) is 2.87. The summed E-state index contributed by atoms with van der Waals surface area (Å²) in [5, 5.41) is 7.84. The van der Waals surface area contributed by atoms with Crippen LogP contribution in [0.4, 0.5) is 0 Å². The minimum atomic E-state index is 0.438. The van der Waals surface area contributed by atoms with Gasteiger partial charge in [-0.3, -0.25) is 4.68 Å². The lowest BCUT2D eigenvalue weighted by Crippen LogP contribution is -2.14. The van der Waals surface area contributed by atoms with Crippen LogP contribution in [0.1, 0.15) is 37.6 Å². The first-order valence-electron chi connectivity index (χ1n) is 7.01. The molecule has 0 saturated carbocycles. The molecule has 1 N–H and O–H groups in total. The van der Waals surface area contributed by atoms with E-state index in [0.29, 0.717) is 6.04 Å². The molecule has 0 aliphatic carbocycles. The fourth-order valence-electron chi connectivity index (χ4n) is 2.46. The van der Waals surface area contributed by atoms with E-state index in [1.807, 2.05) is 11.7 Å². The van der Waals surface area contributed by atoms with Crippen molar-refractivity contribution in [3.63, 3.8) is 0 Å². The normalized spacial score (nSPS) is 12.6. The van der Waals surface area contributed by atoms with Gasteiger partial charge in [-0.05, 0) is 38.4 Å². The van der Waals surface area contributed by atoms with Gasteiger partial charge >= 0.3 is 0 Å². The van der Waals surface area contributed by atoms with Gasteiger partial charge in [0, 0.05) is 24.3 Å². The number of nitrogens with zero attached hydrogens (tertiary/aromatic N) is 2. The van der Waals surface area contributed by atoms with Crippen LogP contribution >= 0.6 is 0 Å². The highest BCUT2D eigenvalue weighted by molar-refractivity contribution is 5.65. The number of hydrogen-bond donors (Lipinski definition) is 1. The highest BCUT2D eigenvalue weighted by Crippen LogP contribution is 2.25. The van der Waals surface area contributed by atoms with Crippen LogP contribution in [0.2, 0.25) is 0 Å². The second-order valence-electron chi connectivity index (χ2n) is 4.86. The van der Waals surface area contributed by atoms with E-state index in [9.17, 15) is 0 Å². The SMILES string of the molecule is CCC(NC)c1ccc(-c2cn(CC)nc2C)cc1. The van der Waals surface area contributed by atoms with Crippen molar-refractivity contribution >= 4 is 0 Å². The molecular weight excluding hydrogens is 234 g/mol. The zero-order valence-corrected chi connectivity index (χ0v) is 12.3. The lowest BCUT2D eigenvalue weighted by molar-refractivity contribution is 0.577. The zero-order valence-electron chi connectivity index (χ0n) is 12.3. The van der Waals surface area contributed by atoms with Gasteiger partial charge in [-0.1, -0.05) is 31.2 Å². The van der Waals surface area contributed by atoms with Gasteiger partial charge in [0.2, 0.25) is 0 Å². The summed E-state index contributed by atoms with van der Waals surface area (Å²) in [4.78, 5) is 0. The smallest absolute Gasteiger partial charge is 0.0672 e. The molecule has 1 aromatic heterocycles. The average Bonchev–Trinajstić information content (AvgIpc) is 2.82. The first-order chi connectivity index (χ1) is 9.19. The Labute approximate surface area is 115 Å². The average molecular weight is 257 g/mol. The molecule has 3 heteroatoms. The van der Waals surface area contributed by atoms with Crippen LogP contribution in [0.3, 0.4) is 0 Å². The van der Waals surface area contributed by atoms with E-state index in [2.05, 4.69) is 61.6 Å². The molecule has 3 nitrogen and oxygen atoms in total. The van der Waals surface area contributed by atoms with Crippen molar-refractivity contribution in [3.05, 3.63) is 41.7 Å². The van der Waals surface area contributed by atoms with Crippen LogP contribution in [0, 0.1) is 6.92 Å². The van der Waals surface area contributed by atoms with E-state index in [-0.39, 0.29) is 0 Å². The molecule has 0 amide bonds. The van der Waals surface area contributed by atoms with Crippen LogP contribution in [0.25, 0.3) is 11.1 Å². The Morgan fingerprint density at radius 2 is 1.89 bits per heavy atom. The molecule has 0 saturated heterocycles. The molecule has 0 spiro atoms. The lowest BCUT2D eigenvalue weighted by Gasteiger charge is -2.14. The standard InChI is InChI=1S/C16H23N3/c1-5-16(17-4)14-9-7-13(8-10-14)15-11-19(6-2)18-12(15)3/h7-11,16-17H,5-6H2,1-4H3. The van der Waals surface area contributed by atoms with Gasteiger partial charge in [0.15, 0.2) is 0 Å². The molecular formula is C16H23N3. The Bertz CT molecular complexity index is 521. The number of hydrogen-bond acceptors (Lipinski definition) is 2. The van der Waals surface area contributed by atoms with Crippen molar-refractivity contribution in [2.75, 3.05) is 7.05 Å². The first kappa shape index (κ1) is 13.8. The molecule has 1 heterocycles. The Kier molecular flexibility index (Phi) is 4.38. The second kappa shape index (κ2) is 6.02. The topological polar surface area (TPSA) is 29.9 Å². The van der Waals surface area contributed by atoms with Gasteiger partial charge in [0.05, 0.1) is 5.69 Å². The molecule has 1 atom stereocenters. The Morgan fingerprint density at radius 1 is 1.21 bits per heavy atom. The van der Waals surface area contributed by atoms with Crippen molar-refractivity contribution in [3.8, 4) is 11.1 Å². The van der Waals surface area contributed by atoms with Crippen LogP contribution in [-0.4, -0.2) is 16.8 Å². The van der Waals surface area contributed by atoms with Crippen LogP contribution < -0.4 is 5.32 Å². The molecule has 19 heavy (non-hydrogen) atoms. The van der Waals surface area contributed by atoms with Crippen LogP contribution in [0.5, 0.6) is 0 Å². The number of benzene rings is 1. The number of nitrogens with one attached hydrogen (secondary N) is 1. The van der Waals surface area contributed by atoms with Crippen molar-refractivity contribution in [1.29, 1.82) is 0 Å². The maximum Gasteiger partial charge on any atom is 0.0672 e. The Balaban J connectivity index is 2.29. The minimum absolute atomic E-state index is 0.438. The van der Waals surface area contributed by atoms with E-state index in [1.54, 1.807) is 0 Å². The maximum atomic E-state index is 4.50. The van der Waals surface area contributed by atoms with Gasteiger partial charge in [-0.25, -0.2) is 0 Å². The summed E-state index contributed by atoms with van der Waals surface area (Å²) in [6.07, 6.45) is 3.22. The molecule has 0 aliphatic heterocycles. The third-order valence-corrected chi connectivity index (χ3v) is 3.65. The van der Waals surface area contributed by atoms with Gasteiger partial charge < -0.3 is 5.32 Å². The predicted molar refractivity (Wildman–Crippen MR) is 80.2 cm³/mol. The number of rotatable bonds is 5. The minimum Gasteiger partial charge on any atom is -0.313 e. The Hall–Kier alpha value is -1.61. The maximum absolute atomic E-state index is 4.50. The van der Waals surface area contributed by atoms with Crippen molar-refractivity contribution < 1.29 is 0 Å². The van der Waals surface area contributed by atoms with Gasteiger partial charge in [-0.15, -0.1) is 0 Å². The molecule has 0 fully saturated rings. The zero-order chi connectivity index (χ0) is 13.8. The third-order valence-electron chi connectivity index (χ3n) is 3.65. The monoisotopic (exact) mass is 257 g/mol. The van der Waals surface area contributed by atoms with Crippen molar-refractivity contribution in [2.24, 2.45) is 0 Å². The second-order valence-corrected chi connectivity index (χ2v) is 4.86. The van der Waals surface area contributed by atoms with E-state index in [4.69, 9.17) is 0 Å². The summed E-state index contributed by atoms with van der Waals surface area (Å²) in [7, 11) is 2.01. The summed E-state index contributed by atoms with van der Waals surface area (Å²) in [5.41, 5.74) is 4.90. The molecule has 2 aromatic rings. The predicted octanol–water partition coefficient (Wildman–Crippen LogP) is 3.55. The number of aromatic nitrogens is 2. The number of aryl methyl sites for hydroxylation is 2. The van der Waals surface area contributed by atoms with Gasteiger partial charge in [0.1, 0.15) is 0 Å². The molecule has 0 radical (unpaired) electrons. The van der Waals surface area contributed by atoms with Gasteiger partial charge in [0.25, 0.3) is 0 Å². The summed E-state index contributed by atoms with van der Waals surface area (Å²) >= 11 is 0.